The van der Waals surface area contributed by atoms with E-state index in [4.69, 9.17) is 10.5 Å². The van der Waals surface area contributed by atoms with Crippen molar-refractivity contribution in [3.05, 3.63) is 22.9 Å². The van der Waals surface area contributed by atoms with Gasteiger partial charge in [0.05, 0.1) is 11.7 Å². The van der Waals surface area contributed by atoms with Crippen LogP contribution in [0.3, 0.4) is 0 Å². The Bertz CT molecular complexity index is 555. The van der Waals surface area contributed by atoms with Crippen LogP contribution in [0.4, 0.5) is 5.95 Å². The lowest BCUT2D eigenvalue weighted by Gasteiger charge is -2.02. The second-order valence-electron chi connectivity index (χ2n) is 3.39. The Balaban J connectivity index is 2.38. The third-order valence-electron chi connectivity index (χ3n) is 2.42. The number of nitrogen functional groups attached to an aromatic ring is 1. The fraction of sp³-hybridized carbons (Fsp3) is 0.222. The maximum Gasteiger partial charge on any atom is 0.288 e. The summed E-state index contributed by atoms with van der Waals surface area (Å²) in [5, 5.41) is 15.0. The lowest BCUT2D eigenvalue weighted by molar-refractivity contribution is -0.641. The van der Waals surface area contributed by atoms with Gasteiger partial charge in [0.2, 0.25) is 0 Å². The fourth-order valence-electron chi connectivity index (χ4n) is 1.74. The van der Waals surface area contributed by atoms with Gasteiger partial charge in [0.1, 0.15) is 11.3 Å². The molecule has 0 radical (unpaired) electrons. The molecule has 76 valence electrons. The molecule has 2 N–H and O–H groups in total. The Kier molecular flexibility index (Phi) is 1.47. The largest absolute Gasteiger partial charge is 0.594 e. The summed E-state index contributed by atoms with van der Waals surface area (Å²) in [6.45, 7) is 0.646. The van der Waals surface area contributed by atoms with Gasteiger partial charge >= 0.3 is 0 Å². The van der Waals surface area contributed by atoms with Gasteiger partial charge < -0.3 is 15.7 Å². The van der Waals surface area contributed by atoms with Gasteiger partial charge in [-0.25, -0.2) is 4.98 Å². The molecule has 0 aliphatic carbocycles. The Labute approximate surface area is 84.9 Å². The van der Waals surface area contributed by atoms with Crippen molar-refractivity contribution in [1.29, 1.82) is 0 Å². The molecule has 1 aliphatic heterocycles. The first-order chi connectivity index (χ1) is 7.24. The van der Waals surface area contributed by atoms with Crippen molar-refractivity contribution in [2.75, 3.05) is 12.3 Å². The number of benzene rings is 1. The number of nitrogens with zero attached hydrogens (tertiary/aromatic N) is 3. The average Bonchev–Trinajstić information content (AvgIpc) is 2.61. The minimum absolute atomic E-state index is 0.0320. The Hall–Kier alpha value is -2.11. The number of aromatic nitrogens is 3. The highest BCUT2D eigenvalue weighted by Gasteiger charge is 2.18. The standard InChI is InChI=1S/C9H8N4O2/c10-9-11-6-4-8-5(1-2-15-8)3-7(6)13(14)12-9/h3-4H,1-2H2,(H2,10,11,12). The molecule has 0 unspecified atom stereocenters. The van der Waals surface area contributed by atoms with Gasteiger partial charge in [-0.3, -0.25) is 0 Å². The summed E-state index contributed by atoms with van der Waals surface area (Å²) in [6.07, 6.45) is 0.815. The molecule has 2 aromatic rings. The van der Waals surface area contributed by atoms with Crippen molar-refractivity contribution in [3.8, 4) is 5.75 Å². The molecule has 0 bridgehead atoms. The first kappa shape index (κ1) is 8.22. The van der Waals surface area contributed by atoms with Crippen molar-refractivity contribution in [2.45, 2.75) is 6.42 Å². The van der Waals surface area contributed by atoms with Crippen LogP contribution in [-0.2, 0) is 6.42 Å². The number of anilines is 1. The lowest BCUT2D eigenvalue weighted by Crippen LogP contribution is -2.33. The Morgan fingerprint density at radius 2 is 2.33 bits per heavy atom. The predicted octanol–water partition coefficient (Wildman–Crippen LogP) is -0.220. The highest BCUT2D eigenvalue weighted by molar-refractivity contribution is 5.75. The molecule has 0 saturated carbocycles. The molecule has 0 atom stereocenters. The third-order valence-corrected chi connectivity index (χ3v) is 2.42. The van der Waals surface area contributed by atoms with Crippen LogP contribution in [0, 0.1) is 5.21 Å². The van der Waals surface area contributed by atoms with Crippen LogP contribution in [0.1, 0.15) is 5.56 Å². The normalized spacial score (nSPS) is 13.9. The summed E-state index contributed by atoms with van der Waals surface area (Å²) in [4.78, 5) is 4.48. The van der Waals surface area contributed by atoms with Crippen molar-refractivity contribution in [3.63, 3.8) is 0 Å². The van der Waals surface area contributed by atoms with Crippen LogP contribution < -0.4 is 15.3 Å². The molecular weight excluding hydrogens is 196 g/mol. The number of hydrogen-bond acceptors (Lipinski definition) is 5. The van der Waals surface area contributed by atoms with E-state index in [0.29, 0.717) is 22.5 Å². The summed E-state index contributed by atoms with van der Waals surface area (Å²) in [5.74, 6) is 0.746. The summed E-state index contributed by atoms with van der Waals surface area (Å²) in [7, 11) is 0. The first-order valence-corrected chi connectivity index (χ1v) is 4.57. The molecule has 6 heteroatoms. The van der Waals surface area contributed by atoms with Gasteiger partial charge in [0, 0.05) is 24.1 Å². The van der Waals surface area contributed by atoms with Crippen LogP contribution in [0.15, 0.2) is 12.1 Å². The quantitative estimate of drug-likeness (QED) is 0.473. The summed E-state index contributed by atoms with van der Waals surface area (Å²) in [6, 6.07) is 3.48. The van der Waals surface area contributed by atoms with E-state index in [0.717, 1.165) is 17.7 Å². The highest BCUT2D eigenvalue weighted by atomic mass is 16.5. The number of ether oxygens (including phenoxy) is 1. The van der Waals surface area contributed by atoms with Crippen LogP contribution in [0.2, 0.25) is 0 Å². The highest BCUT2D eigenvalue weighted by Crippen LogP contribution is 2.28. The molecule has 0 saturated heterocycles. The summed E-state index contributed by atoms with van der Waals surface area (Å²) in [5.41, 5.74) is 7.34. The second kappa shape index (κ2) is 2.69. The molecule has 3 rings (SSSR count). The molecule has 6 nitrogen and oxygen atoms in total. The van der Waals surface area contributed by atoms with Gasteiger partial charge in [-0.05, 0) is 4.85 Å². The third kappa shape index (κ3) is 1.14. The smallest absolute Gasteiger partial charge is 0.288 e. The second-order valence-corrected chi connectivity index (χ2v) is 3.39. The molecule has 2 heterocycles. The maximum atomic E-state index is 11.4. The monoisotopic (exact) mass is 204 g/mol. The summed E-state index contributed by atoms with van der Waals surface area (Å²) >= 11 is 0. The van der Waals surface area contributed by atoms with Gasteiger partial charge in [-0.15, -0.1) is 0 Å². The number of hydrogen-bond donors (Lipinski definition) is 1. The zero-order valence-electron chi connectivity index (χ0n) is 7.80. The topological polar surface area (TPSA) is 88.0 Å². The molecule has 1 aliphatic rings. The van der Waals surface area contributed by atoms with Crippen molar-refractivity contribution < 1.29 is 9.58 Å². The van der Waals surface area contributed by atoms with Crippen LogP contribution >= 0.6 is 0 Å². The van der Waals surface area contributed by atoms with Crippen LogP contribution in [-0.4, -0.2) is 16.7 Å². The minimum atomic E-state index is -0.0320. The van der Waals surface area contributed by atoms with Crippen molar-refractivity contribution in [1.82, 2.24) is 10.1 Å². The predicted molar refractivity (Wildman–Crippen MR) is 52.1 cm³/mol. The van der Waals surface area contributed by atoms with E-state index in [1.54, 1.807) is 12.1 Å². The lowest BCUT2D eigenvalue weighted by atomic mass is 10.1. The number of fused-ring (bicyclic) bond motifs is 2. The molecule has 0 spiro atoms. The molecule has 15 heavy (non-hydrogen) atoms. The van der Waals surface area contributed by atoms with Crippen LogP contribution in [0.5, 0.6) is 5.75 Å². The minimum Gasteiger partial charge on any atom is -0.594 e. The van der Waals surface area contributed by atoms with E-state index in [1.807, 2.05) is 0 Å². The van der Waals surface area contributed by atoms with Crippen molar-refractivity contribution >= 4 is 17.0 Å². The molecule has 0 amide bonds. The Morgan fingerprint density at radius 1 is 1.47 bits per heavy atom. The van der Waals surface area contributed by atoms with Gasteiger partial charge in [0.25, 0.3) is 11.5 Å². The number of rotatable bonds is 0. The molecule has 1 aromatic heterocycles. The van der Waals surface area contributed by atoms with Crippen LogP contribution in [0.25, 0.3) is 11.0 Å². The zero-order valence-corrected chi connectivity index (χ0v) is 7.80. The van der Waals surface area contributed by atoms with Gasteiger partial charge in [-0.1, -0.05) is 0 Å². The van der Waals surface area contributed by atoms with E-state index in [9.17, 15) is 5.21 Å². The molecule has 1 aromatic carbocycles. The van der Waals surface area contributed by atoms with E-state index < -0.39 is 0 Å². The average molecular weight is 204 g/mol. The Morgan fingerprint density at radius 3 is 3.20 bits per heavy atom. The van der Waals surface area contributed by atoms with E-state index in [1.165, 1.54) is 0 Å². The maximum absolute atomic E-state index is 11.4. The van der Waals surface area contributed by atoms with Gasteiger partial charge in [0.15, 0.2) is 0 Å². The van der Waals surface area contributed by atoms with E-state index in [2.05, 4.69) is 10.1 Å². The SMILES string of the molecule is Nc1nc2cc3c(cc2[n+]([O-])n1)CCO3. The zero-order chi connectivity index (χ0) is 10.4. The van der Waals surface area contributed by atoms with E-state index >= 15 is 0 Å². The van der Waals surface area contributed by atoms with Gasteiger partial charge in [-0.2, -0.15) is 0 Å². The first-order valence-electron chi connectivity index (χ1n) is 4.57. The fourth-order valence-corrected chi connectivity index (χ4v) is 1.74. The number of nitrogens with two attached hydrogens (primary N) is 1. The van der Waals surface area contributed by atoms with Crippen molar-refractivity contribution in [2.24, 2.45) is 0 Å². The summed E-state index contributed by atoms with van der Waals surface area (Å²) < 4.78 is 5.37. The molecule has 0 fully saturated rings. The van der Waals surface area contributed by atoms with E-state index in [-0.39, 0.29) is 5.95 Å². The molecular formula is C9H8N4O2.